The van der Waals surface area contributed by atoms with Crippen LogP contribution in [0, 0.1) is 6.92 Å². The lowest BCUT2D eigenvalue weighted by atomic mass is 10.2. The molecule has 0 aliphatic rings. The van der Waals surface area contributed by atoms with Gasteiger partial charge in [0.15, 0.2) is 10.8 Å². The minimum Gasteiger partial charge on any atom is -0.423 e. The number of fused-ring (bicyclic) bond motifs is 1. The maximum absolute atomic E-state index is 12.7. The van der Waals surface area contributed by atoms with E-state index in [-0.39, 0.29) is 23.6 Å². The number of nitrogens with zero attached hydrogens (tertiary/aromatic N) is 1. The third kappa shape index (κ3) is 3.00. The van der Waals surface area contributed by atoms with Gasteiger partial charge in [-0.25, -0.2) is 4.98 Å². The van der Waals surface area contributed by atoms with E-state index in [0.717, 1.165) is 5.69 Å². The van der Waals surface area contributed by atoms with E-state index in [2.05, 4.69) is 9.97 Å². The maximum Gasteiger partial charge on any atom is 0.310 e. The zero-order valence-corrected chi connectivity index (χ0v) is 14.0. The van der Waals surface area contributed by atoms with Crippen molar-refractivity contribution in [2.75, 3.05) is 0 Å². The van der Waals surface area contributed by atoms with Gasteiger partial charge in [-0.3, -0.25) is 9.59 Å². The molecule has 0 fully saturated rings. The number of carbonyl (C=O) groups excluding carboxylic acids is 2. The van der Waals surface area contributed by atoms with Crippen LogP contribution in [0.4, 0.5) is 0 Å². The number of ether oxygens (including phenoxy) is 1. The Morgan fingerprint density at radius 1 is 1.39 bits per heavy atom. The van der Waals surface area contributed by atoms with Crippen LogP contribution in [0.1, 0.15) is 34.5 Å². The van der Waals surface area contributed by atoms with Crippen LogP contribution in [0.25, 0.3) is 10.9 Å². The van der Waals surface area contributed by atoms with Crippen LogP contribution < -0.4 is 4.74 Å². The Morgan fingerprint density at radius 2 is 2.17 bits per heavy atom. The Hall–Kier alpha value is -2.18. The second kappa shape index (κ2) is 6.14. The summed E-state index contributed by atoms with van der Waals surface area (Å²) in [6.45, 7) is 3.51. The number of esters is 1. The van der Waals surface area contributed by atoms with E-state index in [0.29, 0.717) is 20.9 Å². The Labute approximate surface area is 141 Å². The number of benzene rings is 1. The molecule has 3 rings (SSSR count). The van der Waals surface area contributed by atoms with Crippen molar-refractivity contribution in [3.05, 3.63) is 45.0 Å². The summed E-state index contributed by atoms with van der Waals surface area (Å²) in [5, 5.41) is 3.23. The molecule has 3 aromatic rings. The number of aromatic nitrogens is 2. The SMILES string of the molecule is CCC(=O)Oc1c(C(=O)c2nc(C)cs2)[nH]c2ccc(Cl)cc12. The van der Waals surface area contributed by atoms with Gasteiger partial charge in [-0.15, -0.1) is 11.3 Å². The van der Waals surface area contributed by atoms with E-state index in [1.807, 2.05) is 6.92 Å². The molecule has 5 nitrogen and oxygen atoms in total. The van der Waals surface area contributed by atoms with Gasteiger partial charge in [-0.1, -0.05) is 18.5 Å². The van der Waals surface area contributed by atoms with E-state index < -0.39 is 5.97 Å². The molecule has 0 unspecified atom stereocenters. The first-order valence-electron chi connectivity index (χ1n) is 6.98. The van der Waals surface area contributed by atoms with Crippen LogP contribution in [0.3, 0.4) is 0 Å². The molecule has 0 aliphatic carbocycles. The number of rotatable bonds is 4. The highest BCUT2D eigenvalue weighted by atomic mass is 35.5. The van der Waals surface area contributed by atoms with Gasteiger partial charge in [-0.05, 0) is 25.1 Å². The zero-order chi connectivity index (χ0) is 16.6. The van der Waals surface area contributed by atoms with Crippen molar-refractivity contribution < 1.29 is 14.3 Å². The predicted octanol–water partition coefficient (Wildman–Crippen LogP) is 4.13. The van der Waals surface area contributed by atoms with Crippen molar-refractivity contribution >= 4 is 45.6 Å². The highest BCUT2D eigenvalue weighted by molar-refractivity contribution is 7.12. The van der Waals surface area contributed by atoms with E-state index >= 15 is 0 Å². The molecule has 0 saturated carbocycles. The summed E-state index contributed by atoms with van der Waals surface area (Å²) in [6, 6.07) is 5.11. The Morgan fingerprint density at radius 3 is 2.83 bits per heavy atom. The molecule has 0 saturated heterocycles. The number of carbonyl (C=O) groups is 2. The number of halogens is 1. The fraction of sp³-hybridized carbons (Fsp3) is 0.188. The molecule has 23 heavy (non-hydrogen) atoms. The normalized spacial score (nSPS) is 10.9. The van der Waals surface area contributed by atoms with Gasteiger partial charge in [0.2, 0.25) is 5.78 Å². The second-order valence-electron chi connectivity index (χ2n) is 4.97. The van der Waals surface area contributed by atoms with Gasteiger partial charge >= 0.3 is 5.97 Å². The molecule has 2 heterocycles. The Kier molecular flexibility index (Phi) is 4.19. The van der Waals surface area contributed by atoms with Crippen LogP contribution in [0.15, 0.2) is 23.6 Å². The van der Waals surface area contributed by atoms with Crippen molar-refractivity contribution in [2.45, 2.75) is 20.3 Å². The van der Waals surface area contributed by atoms with Crippen LogP contribution in [-0.2, 0) is 4.79 Å². The van der Waals surface area contributed by atoms with Gasteiger partial charge in [0.1, 0.15) is 5.69 Å². The Balaban J connectivity index is 2.16. The monoisotopic (exact) mass is 348 g/mol. The predicted molar refractivity (Wildman–Crippen MR) is 89.5 cm³/mol. The summed E-state index contributed by atoms with van der Waals surface area (Å²) in [5.74, 6) is -0.531. The number of hydrogen-bond acceptors (Lipinski definition) is 5. The van der Waals surface area contributed by atoms with E-state index in [9.17, 15) is 9.59 Å². The molecule has 118 valence electrons. The first kappa shape index (κ1) is 15.7. The molecular weight excluding hydrogens is 336 g/mol. The fourth-order valence-corrected chi connectivity index (χ4v) is 3.07. The summed E-state index contributed by atoms with van der Waals surface area (Å²) in [5.41, 5.74) is 1.65. The second-order valence-corrected chi connectivity index (χ2v) is 6.26. The van der Waals surface area contributed by atoms with Crippen molar-refractivity contribution in [1.29, 1.82) is 0 Å². The van der Waals surface area contributed by atoms with Crippen LogP contribution >= 0.6 is 22.9 Å². The lowest BCUT2D eigenvalue weighted by Gasteiger charge is -2.04. The quantitative estimate of drug-likeness (QED) is 0.568. The minimum atomic E-state index is -0.421. The first-order chi connectivity index (χ1) is 11.0. The first-order valence-corrected chi connectivity index (χ1v) is 8.24. The number of H-pyrrole nitrogens is 1. The average Bonchev–Trinajstić information content (AvgIpc) is 3.11. The van der Waals surface area contributed by atoms with Gasteiger partial charge < -0.3 is 9.72 Å². The zero-order valence-electron chi connectivity index (χ0n) is 12.5. The number of hydrogen-bond donors (Lipinski definition) is 1. The molecular formula is C16H13ClN2O3S. The minimum absolute atomic E-state index is 0.201. The van der Waals surface area contributed by atoms with E-state index in [1.165, 1.54) is 11.3 Å². The van der Waals surface area contributed by atoms with Crippen LogP contribution in [0.5, 0.6) is 5.75 Å². The maximum atomic E-state index is 12.7. The van der Waals surface area contributed by atoms with Gasteiger partial charge in [0, 0.05) is 33.4 Å². The molecule has 0 aliphatic heterocycles. The van der Waals surface area contributed by atoms with Crippen LogP contribution in [-0.4, -0.2) is 21.7 Å². The van der Waals surface area contributed by atoms with Crippen molar-refractivity contribution in [1.82, 2.24) is 9.97 Å². The number of aryl methyl sites for hydroxylation is 1. The number of ketones is 1. The molecule has 0 bridgehead atoms. The highest BCUT2D eigenvalue weighted by Crippen LogP contribution is 2.34. The topological polar surface area (TPSA) is 72.1 Å². The molecule has 0 amide bonds. The molecule has 0 atom stereocenters. The van der Waals surface area contributed by atoms with Gasteiger partial charge in [0.25, 0.3) is 0 Å². The standard InChI is InChI=1S/C16H13ClN2O3S/c1-3-12(20)22-15-10-6-9(17)4-5-11(10)19-13(15)14(21)16-18-8(2)7-23-16/h4-7,19H,3H2,1-2H3. The summed E-state index contributed by atoms with van der Waals surface area (Å²) in [7, 11) is 0. The fourth-order valence-electron chi connectivity index (χ4n) is 2.16. The summed E-state index contributed by atoms with van der Waals surface area (Å²) in [4.78, 5) is 31.6. The molecule has 0 spiro atoms. The molecule has 0 radical (unpaired) electrons. The summed E-state index contributed by atoms with van der Waals surface area (Å²) in [6.07, 6.45) is 0.206. The van der Waals surface area contributed by atoms with E-state index in [4.69, 9.17) is 16.3 Å². The van der Waals surface area contributed by atoms with Crippen molar-refractivity contribution in [2.24, 2.45) is 0 Å². The summed E-state index contributed by atoms with van der Waals surface area (Å²) >= 11 is 7.27. The van der Waals surface area contributed by atoms with Crippen molar-refractivity contribution in [3.63, 3.8) is 0 Å². The number of thiazole rings is 1. The van der Waals surface area contributed by atoms with Crippen molar-refractivity contribution in [3.8, 4) is 5.75 Å². The molecule has 1 N–H and O–H groups in total. The molecule has 7 heteroatoms. The number of nitrogens with one attached hydrogen (secondary N) is 1. The third-order valence-corrected chi connectivity index (χ3v) is 4.45. The third-order valence-electron chi connectivity index (χ3n) is 3.26. The smallest absolute Gasteiger partial charge is 0.310 e. The molecule has 1 aromatic carbocycles. The van der Waals surface area contributed by atoms with Gasteiger partial charge in [0.05, 0.1) is 0 Å². The molecule has 2 aromatic heterocycles. The summed E-state index contributed by atoms with van der Waals surface area (Å²) < 4.78 is 5.38. The average molecular weight is 349 g/mol. The van der Waals surface area contributed by atoms with Gasteiger partial charge in [-0.2, -0.15) is 0 Å². The largest absolute Gasteiger partial charge is 0.423 e. The van der Waals surface area contributed by atoms with Crippen LogP contribution in [0.2, 0.25) is 5.02 Å². The lowest BCUT2D eigenvalue weighted by molar-refractivity contribution is -0.133. The van der Waals surface area contributed by atoms with E-state index in [1.54, 1.807) is 30.5 Å². The lowest BCUT2D eigenvalue weighted by Crippen LogP contribution is -2.10. The highest BCUT2D eigenvalue weighted by Gasteiger charge is 2.24. The number of aromatic amines is 1. The Bertz CT molecular complexity index is 913.